The van der Waals surface area contributed by atoms with Crippen LogP contribution in [-0.4, -0.2) is 30.6 Å². The Morgan fingerprint density at radius 2 is 1.85 bits per heavy atom. The number of pyridine rings is 2. The SMILES string of the molecule is O=C(Cn1nc(C(F)(F)F)cc1C1CC1)N[C@@H](Cc1cc(F)cc(F)c1)c1ncccc1-c1cnc2[nH]ccc2c1. The van der Waals surface area contributed by atoms with E-state index in [1.807, 2.05) is 12.1 Å². The highest BCUT2D eigenvalue weighted by atomic mass is 19.4. The molecule has 1 fully saturated rings. The molecule has 1 aliphatic carbocycles. The maximum absolute atomic E-state index is 14.1. The average molecular weight is 567 g/mol. The summed E-state index contributed by atoms with van der Waals surface area (Å²) < 4.78 is 69.3. The summed E-state index contributed by atoms with van der Waals surface area (Å²) in [6.07, 6.45) is 1.68. The van der Waals surface area contributed by atoms with E-state index in [2.05, 4.69) is 25.4 Å². The molecular formula is C29H23F5N6O. The van der Waals surface area contributed by atoms with Gasteiger partial charge in [0.05, 0.1) is 11.7 Å². The summed E-state index contributed by atoms with van der Waals surface area (Å²) in [5, 5.41) is 7.34. The van der Waals surface area contributed by atoms with E-state index in [1.54, 1.807) is 24.5 Å². The predicted octanol–water partition coefficient (Wildman–Crippen LogP) is 6.10. The zero-order chi connectivity index (χ0) is 28.7. The van der Waals surface area contributed by atoms with Crippen LogP contribution in [0.15, 0.2) is 67.1 Å². The van der Waals surface area contributed by atoms with Gasteiger partial charge < -0.3 is 10.3 Å². The van der Waals surface area contributed by atoms with Gasteiger partial charge in [-0.3, -0.25) is 14.5 Å². The minimum atomic E-state index is -4.65. The predicted molar refractivity (Wildman–Crippen MR) is 139 cm³/mol. The van der Waals surface area contributed by atoms with E-state index in [0.29, 0.717) is 28.2 Å². The Bertz CT molecular complexity index is 1720. The normalized spacial score (nSPS) is 14.4. The van der Waals surface area contributed by atoms with Crippen molar-refractivity contribution in [2.24, 2.45) is 0 Å². The first kappa shape index (κ1) is 26.6. The number of hydrogen-bond donors (Lipinski definition) is 2. The van der Waals surface area contributed by atoms with Gasteiger partial charge in [0.1, 0.15) is 23.8 Å². The number of benzene rings is 1. The number of alkyl halides is 3. The molecule has 6 rings (SSSR count). The molecule has 0 unspecified atom stereocenters. The molecule has 0 spiro atoms. The summed E-state index contributed by atoms with van der Waals surface area (Å²) in [5.74, 6) is -2.27. The number of nitrogens with one attached hydrogen (secondary N) is 2. The molecule has 0 aliphatic heterocycles. The minimum absolute atomic E-state index is 0.0351. The molecule has 210 valence electrons. The van der Waals surface area contributed by atoms with Crippen LogP contribution in [0.2, 0.25) is 0 Å². The van der Waals surface area contributed by atoms with Crippen LogP contribution in [0.5, 0.6) is 0 Å². The molecule has 2 N–H and O–H groups in total. The van der Waals surface area contributed by atoms with Crippen LogP contribution < -0.4 is 5.32 Å². The van der Waals surface area contributed by atoms with Crippen molar-refractivity contribution in [2.45, 2.75) is 43.9 Å². The second-order valence-corrected chi connectivity index (χ2v) is 10.1. The Morgan fingerprint density at radius 1 is 1.07 bits per heavy atom. The van der Waals surface area contributed by atoms with E-state index >= 15 is 0 Å². The van der Waals surface area contributed by atoms with Gasteiger partial charge in [-0.2, -0.15) is 18.3 Å². The molecule has 4 heterocycles. The third-order valence-corrected chi connectivity index (χ3v) is 6.97. The van der Waals surface area contributed by atoms with Gasteiger partial charge >= 0.3 is 6.18 Å². The Hall–Kier alpha value is -4.61. The summed E-state index contributed by atoms with van der Waals surface area (Å²) in [4.78, 5) is 25.3. The zero-order valence-electron chi connectivity index (χ0n) is 21.4. The second-order valence-electron chi connectivity index (χ2n) is 10.1. The summed E-state index contributed by atoms with van der Waals surface area (Å²) in [6.45, 7) is -0.463. The van der Waals surface area contributed by atoms with Crippen molar-refractivity contribution in [1.29, 1.82) is 0 Å². The molecule has 1 atom stereocenters. The molecule has 7 nitrogen and oxygen atoms in total. The molecule has 4 aromatic heterocycles. The fraction of sp³-hybridized carbons (Fsp3) is 0.241. The summed E-state index contributed by atoms with van der Waals surface area (Å²) >= 11 is 0. The molecular weight excluding hydrogens is 543 g/mol. The first-order valence-electron chi connectivity index (χ1n) is 12.9. The number of H-pyrrole nitrogens is 1. The van der Waals surface area contributed by atoms with E-state index in [-0.39, 0.29) is 17.9 Å². The van der Waals surface area contributed by atoms with Gasteiger partial charge in [-0.05, 0) is 61.2 Å². The molecule has 5 aromatic rings. The van der Waals surface area contributed by atoms with Crippen molar-refractivity contribution in [3.8, 4) is 11.1 Å². The number of carbonyl (C=O) groups excluding carboxylic acids is 1. The molecule has 1 amide bonds. The van der Waals surface area contributed by atoms with Crippen molar-refractivity contribution >= 4 is 16.9 Å². The number of rotatable bonds is 8. The number of nitrogens with zero attached hydrogens (tertiary/aromatic N) is 4. The van der Waals surface area contributed by atoms with Crippen LogP contribution in [0.1, 0.15) is 47.4 Å². The molecule has 0 radical (unpaired) electrons. The first-order valence-corrected chi connectivity index (χ1v) is 12.9. The quantitative estimate of drug-likeness (QED) is 0.222. The molecule has 0 saturated heterocycles. The average Bonchev–Trinajstić information content (AvgIpc) is 3.48. The zero-order valence-corrected chi connectivity index (χ0v) is 21.4. The van der Waals surface area contributed by atoms with E-state index in [4.69, 9.17) is 0 Å². The number of fused-ring (bicyclic) bond motifs is 1. The Kier molecular flexibility index (Phi) is 6.76. The van der Waals surface area contributed by atoms with Gasteiger partial charge in [0.25, 0.3) is 0 Å². The van der Waals surface area contributed by atoms with E-state index in [1.165, 1.54) is 6.20 Å². The highest BCUT2D eigenvalue weighted by molar-refractivity contribution is 5.82. The number of amides is 1. The van der Waals surface area contributed by atoms with E-state index < -0.39 is 42.0 Å². The lowest BCUT2D eigenvalue weighted by Gasteiger charge is -2.22. The maximum Gasteiger partial charge on any atom is 0.435 e. The number of aromatic amines is 1. The molecule has 0 bridgehead atoms. The van der Waals surface area contributed by atoms with Crippen molar-refractivity contribution in [1.82, 2.24) is 30.0 Å². The topological polar surface area (TPSA) is 88.5 Å². The first-order chi connectivity index (χ1) is 19.6. The highest BCUT2D eigenvalue weighted by Crippen LogP contribution is 2.42. The Balaban J connectivity index is 1.35. The lowest BCUT2D eigenvalue weighted by Crippen LogP contribution is -2.34. The van der Waals surface area contributed by atoms with Crippen LogP contribution in [0.25, 0.3) is 22.2 Å². The van der Waals surface area contributed by atoms with Gasteiger partial charge in [-0.15, -0.1) is 0 Å². The van der Waals surface area contributed by atoms with E-state index in [0.717, 1.165) is 47.2 Å². The van der Waals surface area contributed by atoms with Gasteiger partial charge in [-0.1, -0.05) is 6.07 Å². The van der Waals surface area contributed by atoms with Crippen LogP contribution in [0.4, 0.5) is 22.0 Å². The number of aromatic nitrogens is 5. The van der Waals surface area contributed by atoms with Gasteiger partial charge in [0, 0.05) is 52.8 Å². The molecule has 1 aromatic carbocycles. The fourth-order valence-electron chi connectivity index (χ4n) is 4.99. The third-order valence-electron chi connectivity index (χ3n) is 6.97. The lowest BCUT2D eigenvalue weighted by molar-refractivity contribution is -0.141. The molecule has 41 heavy (non-hydrogen) atoms. The highest BCUT2D eigenvalue weighted by Gasteiger charge is 2.38. The summed E-state index contributed by atoms with van der Waals surface area (Å²) in [7, 11) is 0. The summed E-state index contributed by atoms with van der Waals surface area (Å²) in [6, 6.07) is 10.4. The standard InChI is InChI=1S/C29H23F5N6O/c30-20-8-16(9-21(31)12-20)10-23(27-22(2-1-6-35-27)19-11-18-5-7-36-28(18)37-14-19)38-26(41)15-40-24(17-3-4-17)13-25(39-40)29(32,33)34/h1-2,5-9,11-14,17,23H,3-4,10,15H2,(H,36,37)(H,38,41)/t23-/m0/s1. The van der Waals surface area contributed by atoms with E-state index in [9.17, 15) is 26.7 Å². The van der Waals surface area contributed by atoms with Crippen molar-refractivity contribution in [2.75, 3.05) is 0 Å². The molecule has 1 saturated carbocycles. The smallest absolute Gasteiger partial charge is 0.346 e. The number of halogens is 5. The third kappa shape index (κ3) is 5.81. The largest absolute Gasteiger partial charge is 0.435 e. The number of carbonyl (C=O) groups is 1. The van der Waals surface area contributed by atoms with Crippen LogP contribution >= 0.6 is 0 Å². The van der Waals surface area contributed by atoms with Crippen LogP contribution in [0.3, 0.4) is 0 Å². The summed E-state index contributed by atoms with van der Waals surface area (Å²) in [5.41, 5.74) is 1.97. The minimum Gasteiger partial charge on any atom is -0.346 e. The van der Waals surface area contributed by atoms with Crippen LogP contribution in [-0.2, 0) is 23.9 Å². The van der Waals surface area contributed by atoms with Gasteiger partial charge in [0.2, 0.25) is 5.91 Å². The van der Waals surface area contributed by atoms with Crippen molar-refractivity contribution < 1.29 is 26.7 Å². The van der Waals surface area contributed by atoms with Gasteiger partial charge in [0.15, 0.2) is 5.69 Å². The lowest BCUT2D eigenvalue weighted by atomic mass is 9.95. The Morgan fingerprint density at radius 3 is 2.59 bits per heavy atom. The van der Waals surface area contributed by atoms with Gasteiger partial charge in [-0.25, -0.2) is 13.8 Å². The molecule has 12 heteroatoms. The monoisotopic (exact) mass is 566 g/mol. The second kappa shape index (κ2) is 10.4. The number of hydrogen-bond acceptors (Lipinski definition) is 4. The van der Waals surface area contributed by atoms with Crippen LogP contribution in [0, 0.1) is 11.6 Å². The van der Waals surface area contributed by atoms with Crippen molar-refractivity contribution in [3.63, 3.8) is 0 Å². The Labute approximate surface area is 230 Å². The maximum atomic E-state index is 14.1. The van der Waals surface area contributed by atoms with Crippen molar-refractivity contribution in [3.05, 3.63) is 101 Å². The molecule has 1 aliphatic rings. The fourth-order valence-corrected chi connectivity index (χ4v) is 4.99.